The minimum absolute atomic E-state index is 0.00882. The lowest BCUT2D eigenvalue weighted by atomic mass is 9.80. The summed E-state index contributed by atoms with van der Waals surface area (Å²) in [5.74, 6) is 1.56. The first kappa shape index (κ1) is 22.0. The maximum absolute atomic E-state index is 13.2. The molecule has 5 rings (SSSR count). The lowest BCUT2D eigenvalue weighted by molar-refractivity contribution is 0.258. The summed E-state index contributed by atoms with van der Waals surface area (Å²) in [6.07, 6.45) is 5.16. The Morgan fingerprint density at radius 3 is 2.76 bits per heavy atom. The van der Waals surface area contributed by atoms with Crippen molar-refractivity contribution in [3.05, 3.63) is 41.3 Å². The number of fused-ring (bicyclic) bond motifs is 2. The van der Waals surface area contributed by atoms with E-state index in [9.17, 15) is 12.3 Å². The fourth-order valence-electron chi connectivity index (χ4n) is 4.78. The van der Waals surface area contributed by atoms with Gasteiger partial charge in [-0.25, -0.2) is 9.97 Å². The Kier molecular flexibility index (Phi) is 5.48. The van der Waals surface area contributed by atoms with Crippen LogP contribution >= 0.6 is 0 Å². The van der Waals surface area contributed by atoms with Gasteiger partial charge in [0.1, 0.15) is 11.5 Å². The van der Waals surface area contributed by atoms with E-state index in [-0.39, 0.29) is 11.2 Å². The van der Waals surface area contributed by atoms with Gasteiger partial charge in [0, 0.05) is 30.9 Å². The van der Waals surface area contributed by atoms with Gasteiger partial charge in [0.25, 0.3) is 0 Å². The number of hydrogen-bond acceptors (Lipinski definition) is 9. The topological polar surface area (TPSA) is 114 Å². The average molecular weight is 475 g/mol. The molecule has 0 bridgehead atoms. The number of benzene rings is 1. The summed E-state index contributed by atoms with van der Waals surface area (Å²) < 4.78 is 39.9. The lowest BCUT2D eigenvalue weighted by Crippen LogP contribution is -2.42. The monoisotopic (exact) mass is 474 g/mol. The van der Waals surface area contributed by atoms with Crippen molar-refractivity contribution in [1.82, 2.24) is 9.97 Å². The van der Waals surface area contributed by atoms with Gasteiger partial charge in [-0.1, -0.05) is 16.9 Å². The highest BCUT2D eigenvalue weighted by Gasteiger charge is 2.33. The van der Waals surface area contributed by atoms with Gasteiger partial charge >= 0.3 is 10.5 Å². The molecule has 1 saturated heterocycles. The maximum atomic E-state index is 13.2. The predicted octanol–water partition coefficient (Wildman–Crippen LogP) is 2.35. The molecule has 2 aromatic rings. The molecule has 176 valence electrons. The third-order valence-electron chi connectivity index (χ3n) is 6.86. The Labute approximate surface area is 192 Å². The van der Waals surface area contributed by atoms with E-state index in [2.05, 4.69) is 16.0 Å². The SMILES string of the molecule is CC1(CN)CCN(c2cnc3c(n2)CN=C3N2CCCc3c(OS(=O)(=O)F)cccc32)CC1. The van der Waals surface area contributed by atoms with Gasteiger partial charge in [0.05, 0.1) is 18.4 Å². The molecular weight excluding hydrogens is 447 g/mol. The highest BCUT2D eigenvalue weighted by Crippen LogP contribution is 2.37. The van der Waals surface area contributed by atoms with Crippen molar-refractivity contribution >= 4 is 27.8 Å². The van der Waals surface area contributed by atoms with E-state index in [1.54, 1.807) is 12.3 Å². The number of anilines is 2. The van der Waals surface area contributed by atoms with E-state index in [4.69, 9.17) is 20.7 Å². The Balaban J connectivity index is 1.40. The van der Waals surface area contributed by atoms with Crippen LogP contribution in [0.3, 0.4) is 0 Å². The van der Waals surface area contributed by atoms with Gasteiger partial charge in [-0.15, -0.1) is 0 Å². The number of rotatable bonds is 4. The van der Waals surface area contributed by atoms with E-state index in [0.717, 1.165) is 55.2 Å². The van der Waals surface area contributed by atoms with Crippen molar-refractivity contribution in [2.75, 3.05) is 36.0 Å². The van der Waals surface area contributed by atoms with E-state index < -0.39 is 10.5 Å². The van der Waals surface area contributed by atoms with E-state index in [1.165, 1.54) is 6.07 Å². The van der Waals surface area contributed by atoms with Crippen LogP contribution in [0.15, 0.2) is 29.4 Å². The number of aromatic nitrogens is 2. The van der Waals surface area contributed by atoms with Crippen LogP contribution < -0.4 is 19.7 Å². The van der Waals surface area contributed by atoms with Crippen molar-refractivity contribution in [3.63, 3.8) is 0 Å². The van der Waals surface area contributed by atoms with Crippen LogP contribution in [0.1, 0.15) is 43.1 Å². The van der Waals surface area contributed by atoms with Crippen molar-refractivity contribution in [3.8, 4) is 5.75 Å². The van der Waals surface area contributed by atoms with Crippen LogP contribution in [0.5, 0.6) is 5.75 Å². The van der Waals surface area contributed by atoms with Gasteiger partial charge in [0.15, 0.2) is 11.6 Å². The normalized spacial score (nSPS) is 19.7. The van der Waals surface area contributed by atoms with Crippen LogP contribution in [0.4, 0.5) is 15.4 Å². The van der Waals surface area contributed by atoms with Crippen LogP contribution in [-0.2, 0) is 23.5 Å². The van der Waals surface area contributed by atoms with Gasteiger partial charge in [0.2, 0.25) is 0 Å². The second-order valence-corrected chi connectivity index (χ2v) is 10.1. The number of halogens is 1. The highest BCUT2D eigenvalue weighted by molar-refractivity contribution is 7.81. The Morgan fingerprint density at radius 2 is 2.03 bits per heavy atom. The number of hydrogen-bond donors (Lipinski definition) is 1. The molecule has 0 amide bonds. The third-order valence-corrected chi connectivity index (χ3v) is 7.24. The van der Waals surface area contributed by atoms with Crippen LogP contribution in [0.25, 0.3) is 0 Å². The van der Waals surface area contributed by atoms with E-state index in [1.807, 2.05) is 11.0 Å². The molecule has 11 heteroatoms. The van der Waals surface area contributed by atoms with Crippen molar-refractivity contribution in [1.29, 1.82) is 0 Å². The molecule has 1 fully saturated rings. The molecule has 2 N–H and O–H groups in total. The predicted molar refractivity (Wildman–Crippen MR) is 124 cm³/mol. The maximum Gasteiger partial charge on any atom is 0.488 e. The van der Waals surface area contributed by atoms with Gasteiger partial charge in [-0.05, 0) is 49.8 Å². The first-order valence-corrected chi connectivity index (χ1v) is 12.5. The molecule has 0 saturated carbocycles. The highest BCUT2D eigenvalue weighted by atomic mass is 32.3. The van der Waals surface area contributed by atoms with Gasteiger partial charge in [-0.3, -0.25) is 4.99 Å². The average Bonchev–Trinajstić information content (AvgIpc) is 3.21. The summed E-state index contributed by atoms with van der Waals surface area (Å²) in [6.45, 7) is 5.83. The number of amidine groups is 1. The zero-order chi connectivity index (χ0) is 23.2. The lowest BCUT2D eigenvalue weighted by Gasteiger charge is -2.39. The Hall–Kier alpha value is -2.79. The summed E-state index contributed by atoms with van der Waals surface area (Å²) in [7, 11) is -5.10. The minimum Gasteiger partial charge on any atom is -0.358 e. The van der Waals surface area contributed by atoms with Gasteiger partial charge in [-0.2, -0.15) is 8.42 Å². The van der Waals surface area contributed by atoms with Crippen LogP contribution in [-0.4, -0.2) is 50.4 Å². The molecule has 0 spiro atoms. The zero-order valence-corrected chi connectivity index (χ0v) is 19.3. The molecule has 0 aliphatic carbocycles. The zero-order valence-electron chi connectivity index (χ0n) is 18.5. The molecule has 9 nitrogen and oxygen atoms in total. The Morgan fingerprint density at radius 1 is 1.24 bits per heavy atom. The number of nitrogens with two attached hydrogens (primary N) is 1. The molecule has 3 aliphatic heterocycles. The molecule has 1 aromatic heterocycles. The molecule has 4 heterocycles. The number of nitrogens with zero attached hydrogens (tertiary/aromatic N) is 5. The third kappa shape index (κ3) is 4.26. The summed E-state index contributed by atoms with van der Waals surface area (Å²) in [4.78, 5) is 18.5. The molecule has 1 aromatic carbocycles. The first-order valence-electron chi connectivity index (χ1n) is 11.2. The van der Waals surface area contributed by atoms with Crippen LogP contribution in [0.2, 0.25) is 0 Å². The molecule has 3 aliphatic rings. The standard InChI is InChI=1S/C22H27FN6O3S/c1-22(14-24)7-10-28(11-8-22)19-13-25-20-16(27-19)12-26-21(20)29-9-3-4-15-17(29)5-2-6-18(15)32-33(23,30)31/h2,5-6,13H,3-4,7-12,14,24H2,1H3. The number of piperidine rings is 1. The molecule has 33 heavy (non-hydrogen) atoms. The summed E-state index contributed by atoms with van der Waals surface area (Å²) >= 11 is 0. The first-order chi connectivity index (χ1) is 15.8. The van der Waals surface area contributed by atoms with E-state index in [0.29, 0.717) is 37.5 Å². The molecule has 0 atom stereocenters. The number of aliphatic imine (C=N–C) groups is 1. The molecule has 0 radical (unpaired) electrons. The summed E-state index contributed by atoms with van der Waals surface area (Å²) in [5.41, 5.74) is 9.05. The fraction of sp³-hybridized carbons (Fsp3) is 0.500. The quantitative estimate of drug-likeness (QED) is 0.672. The summed E-state index contributed by atoms with van der Waals surface area (Å²) in [5, 5.41) is 0. The molecule has 0 unspecified atom stereocenters. The minimum atomic E-state index is -5.10. The Bertz CT molecular complexity index is 1210. The second-order valence-electron chi connectivity index (χ2n) is 9.15. The van der Waals surface area contributed by atoms with Gasteiger partial charge < -0.3 is 19.7 Å². The summed E-state index contributed by atoms with van der Waals surface area (Å²) in [6, 6.07) is 4.97. The van der Waals surface area contributed by atoms with Crippen molar-refractivity contribution in [2.45, 2.75) is 39.2 Å². The smallest absolute Gasteiger partial charge is 0.358 e. The molecular formula is C22H27FN6O3S. The van der Waals surface area contributed by atoms with Crippen molar-refractivity contribution < 1.29 is 16.5 Å². The van der Waals surface area contributed by atoms with E-state index >= 15 is 0 Å². The van der Waals surface area contributed by atoms with Crippen molar-refractivity contribution in [2.24, 2.45) is 16.1 Å². The fourth-order valence-corrected chi connectivity index (χ4v) is 5.15. The second kappa shape index (κ2) is 8.21. The van der Waals surface area contributed by atoms with Crippen LogP contribution in [0, 0.1) is 5.41 Å². The largest absolute Gasteiger partial charge is 0.488 e.